The predicted octanol–water partition coefficient (Wildman–Crippen LogP) is 3.66. The van der Waals surface area contributed by atoms with Crippen molar-refractivity contribution < 1.29 is 17.8 Å². The molecule has 8 nitrogen and oxygen atoms in total. The van der Waals surface area contributed by atoms with E-state index in [1.54, 1.807) is 5.43 Å². The van der Waals surface area contributed by atoms with Crippen molar-refractivity contribution in [1.29, 1.82) is 0 Å². The number of amides is 2. The van der Waals surface area contributed by atoms with Crippen LogP contribution in [0.2, 0.25) is 0 Å². The molecule has 0 aromatic rings. The highest BCUT2D eigenvalue weighted by molar-refractivity contribution is 7.83. The minimum absolute atomic E-state index is 0.0181. The van der Waals surface area contributed by atoms with E-state index >= 15 is 0 Å². The molecule has 0 atom stereocenters. The number of hydrogen-bond donors (Lipinski definition) is 4. The summed E-state index contributed by atoms with van der Waals surface area (Å²) in [6.07, 6.45) is 16.7. The molecular weight excluding hydrogens is 356 g/mol. The summed E-state index contributed by atoms with van der Waals surface area (Å²) in [5, 5.41) is 0. The zero-order valence-corrected chi connectivity index (χ0v) is 17.0. The van der Waals surface area contributed by atoms with Gasteiger partial charge in [-0.2, -0.15) is 8.42 Å². The minimum atomic E-state index is -4.48. The fourth-order valence-electron chi connectivity index (χ4n) is 2.82. The monoisotopic (exact) mass is 394 g/mol. The summed E-state index contributed by atoms with van der Waals surface area (Å²) in [7, 11) is -4.48. The number of hydrogen-bond acceptors (Lipinski definition) is 4. The van der Waals surface area contributed by atoms with Crippen molar-refractivity contribution in [2.75, 3.05) is 6.54 Å². The zero-order valence-electron chi connectivity index (χ0n) is 16.2. The number of unbranched alkanes of at least 4 members (excludes halogenated alkanes) is 13. The lowest BCUT2D eigenvalue weighted by Gasteiger charge is -2.18. The van der Waals surface area contributed by atoms with Gasteiger partial charge in [-0.15, -0.1) is 0 Å². The number of hydrazine groups is 2. The van der Waals surface area contributed by atoms with Crippen molar-refractivity contribution in [3.05, 3.63) is 0 Å². The van der Waals surface area contributed by atoms with Crippen molar-refractivity contribution >= 4 is 16.3 Å². The van der Waals surface area contributed by atoms with Gasteiger partial charge in [-0.3, -0.25) is 15.4 Å². The summed E-state index contributed by atoms with van der Waals surface area (Å²) in [4.78, 5) is 11.1. The van der Waals surface area contributed by atoms with Gasteiger partial charge in [-0.05, 0) is 6.42 Å². The van der Waals surface area contributed by atoms with Gasteiger partial charge >= 0.3 is 16.3 Å². The quantitative estimate of drug-likeness (QED) is 0.0985. The number of carbonyl (C=O) groups excluding carboxylic acids is 1. The van der Waals surface area contributed by atoms with Crippen LogP contribution < -0.4 is 16.7 Å². The Bertz CT molecular complexity index is 446. The molecule has 0 aromatic carbocycles. The Morgan fingerprint density at radius 1 is 0.846 bits per heavy atom. The minimum Gasteiger partial charge on any atom is -0.275 e. The van der Waals surface area contributed by atoms with Gasteiger partial charge in [0.15, 0.2) is 0 Å². The average molecular weight is 395 g/mol. The van der Waals surface area contributed by atoms with Gasteiger partial charge in [-0.25, -0.2) is 10.6 Å². The maximum absolute atomic E-state index is 11.1. The highest BCUT2D eigenvalue weighted by atomic mass is 32.2. The van der Waals surface area contributed by atoms with Crippen molar-refractivity contribution in [3.8, 4) is 0 Å². The third-order valence-electron chi connectivity index (χ3n) is 4.35. The fourth-order valence-corrected chi connectivity index (χ4v) is 3.38. The Morgan fingerprint density at radius 3 is 1.58 bits per heavy atom. The maximum Gasteiger partial charge on any atom is 0.353 e. The lowest BCUT2D eigenvalue weighted by Crippen LogP contribution is -2.51. The van der Waals surface area contributed by atoms with Gasteiger partial charge in [0.1, 0.15) is 0 Å². The van der Waals surface area contributed by atoms with E-state index in [-0.39, 0.29) is 6.54 Å². The molecule has 26 heavy (non-hydrogen) atoms. The topological polar surface area (TPSA) is 125 Å². The van der Waals surface area contributed by atoms with Crippen molar-refractivity contribution in [1.82, 2.24) is 15.3 Å². The van der Waals surface area contributed by atoms with Crippen LogP contribution >= 0.6 is 0 Å². The molecule has 0 saturated heterocycles. The molecule has 0 aromatic heterocycles. The summed E-state index contributed by atoms with van der Waals surface area (Å²) in [5.41, 5.74) is 3.73. The molecule has 0 aliphatic carbocycles. The van der Waals surface area contributed by atoms with E-state index in [0.29, 0.717) is 10.8 Å². The summed E-state index contributed by atoms with van der Waals surface area (Å²) in [6.45, 7) is 2.26. The van der Waals surface area contributed by atoms with E-state index < -0.39 is 16.3 Å². The average Bonchev–Trinajstić information content (AvgIpc) is 2.59. The van der Waals surface area contributed by atoms with Crippen LogP contribution in [0.3, 0.4) is 0 Å². The predicted molar refractivity (Wildman–Crippen MR) is 104 cm³/mol. The molecule has 0 rings (SSSR count). The van der Waals surface area contributed by atoms with Crippen LogP contribution in [0.5, 0.6) is 0 Å². The first kappa shape index (κ1) is 25.1. The van der Waals surface area contributed by atoms with E-state index in [1.807, 2.05) is 5.43 Å². The van der Waals surface area contributed by atoms with E-state index in [1.165, 1.54) is 64.2 Å². The zero-order chi connectivity index (χ0) is 19.7. The van der Waals surface area contributed by atoms with E-state index in [9.17, 15) is 13.2 Å². The second-order valence-electron chi connectivity index (χ2n) is 6.73. The molecule has 0 radical (unpaired) electrons. The van der Waals surface area contributed by atoms with Crippen LogP contribution in [0.4, 0.5) is 4.79 Å². The van der Waals surface area contributed by atoms with Crippen LogP contribution in [-0.4, -0.2) is 30.0 Å². The molecule has 156 valence electrons. The first-order chi connectivity index (χ1) is 12.4. The summed E-state index contributed by atoms with van der Waals surface area (Å²) in [6, 6.07) is -0.895. The molecule has 9 heteroatoms. The second-order valence-corrected chi connectivity index (χ2v) is 8.07. The smallest absolute Gasteiger partial charge is 0.275 e. The largest absolute Gasteiger partial charge is 0.353 e. The third-order valence-corrected chi connectivity index (χ3v) is 5.18. The number of nitrogens with one attached hydrogen (secondary N) is 2. The van der Waals surface area contributed by atoms with Crippen LogP contribution in [0.1, 0.15) is 96.8 Å². The fraction of sp³-hybridized carbons (Fsp3) is 0.941. The van der Waals surface area contributed by atoms with Gasteiger partial charge in [0.25, 0.3) is 0 Å². The Labute approximate surface area is 159 Å². The lowest BCUT2D eigenvalue weighted by molar-refractivity contribution is 0.213. The first-order valence-electron chi connectivity index (χ1n) is 9.94. The van der Waals surface area contributed by atoms with Gasteiger partial charge in [-0.1, -0.05) is 94.8 Å². The number of urea groups is 1. The molecule has 0 bridgehead atoms. The first-order valence-corrected chi connectivity index (χ1v) is 11.3. The normalized spacial score (nSPS) is 11.7. The third kappa shape index (κ3) is 15.4. The van der Waals surface area contributed by atoms with Gasteiger partial charge < -0.3 is 0 Å². The Hall–Kier alpha value is -0.900. The molecule has 5 N–H and O–H groups in total. The van der Waals surface area contributed by atoms with Crippen LogP contribution in [-0.2, 0) is 10.3 Å². The van der Waals surface area contributed by atoms with E-state index in [0.717, 1.165) is 19.3 Å². The Morgan fingerprint density at radius 2 is 1.23 bits per heavy atom. The number of nitrogens with two attached hydrogens (primary N) is 1. The number of nitrogens with zero attached hydrogens (tertiary/aromatic N) is 1. The molecule has 0 aliphatic heterocycles. The number of rotatable bonds is 17. The molecular formula is C17H38N4O4S. The highest BCUT2D eigenvalue weighted by Crippen LogP contribution is 2.13. The lowest BCUT2D eigenvalue weighted by atomic mass is 10.0. The maximum atomic E-state index is 11.1. The summed E-state index contributed by atoms with van der Waals surface area (Å²) < 4.78 is 31.8. The van der Waals surface area contributed by atoms with Crippen molar-refractivity contribution in [2.24, 2.45) is 5.84 Å². The standard InChI is InChI=1S/C17H38N4O4S/c1-2-3-4-5-6-7-8-9-10-11-12-13-14-15-16-21(26(23,24)25)20-17(22)19-18/h2-16,18H2,1H3,(H2,19,20,22)(H,23,24,25). The Balaban J connectivity index is 3.52. The van der Waals surface area contributed by atoms with Gasteiger partial charge in [0.05, 0.1) is 0 Å². The SMILES string of the molecule is CCCCCCCCCCCCCCCCN(NC(=O)NN)S(=O)(=O)O. The van der Waals surface area contributed by atoms with Crippen LogP contribution in [0.25, 0.3) is 0 Å². The molecule has 0 saturated carbocycles. The van der Waals surface area contributed by atoms with Gasteiger partial charge in [0.2, 0.25) is 0 Å². The molecule has 0 fully saturated rings. The van der Waals surface area contributed by atoms with Gasteiger partial charge in [0, 0.05) is 6.54 Å². The summed E-state index contributed by atoms with van der Waals surface area (Å²) >= 11 is 0. The molecule has 0 aliphatic rings. The molecule has 2 amide bonds. The van der Waals surface area contributed by atoms with E-state index in [4.69, 9.17) is 10.4 Å². The molecule has 0 heterocycles. The number of carbonyl (C=O) groups is 1. The summed E-state index contributed by atoms with van der Waals surface area (Å²) in [5.74, 6) is 4.88. The van der Waals surface area contributed by atoms with Crippen molar-refractivity contribution in [3.63, 3.8) is 0 Å². The molecule has 0 unspecified atom stereocenters. The highest BCUT2D eigenvalue weighted by Gasteiger charge is 2.20. The van der Waals surface area contributed by atoms with Crippen molar-refractivity contribution in [2.45, 2.75) is 96.8 Å². The van der Waals surface area contributed by atoms with Crippen LogP contribution in [0, 0.1) is 0 Å². The molecule has 0 spiro atoms. The Kier molecular flexibility index (Phi) is 15.7. The van der Waals surface area contributed by atoms with Crippen LogP contribution in [0.15, 0.2) is 0 Å². The second kappa shape index (κ2) is 16.3. The van der Waals surface area contributed by atoms with E-state index in [2.05, 4.69) is 6.92 Å².